The van der Waals surface area contributed by atoms with Crippen molar-refractivity contribution in [2.24, 2.45) is 0 Å². The zero-order valence-corrected chi connectivity index (χ0v) is 7.41. The van der Waals surface area contributed by atoms with E-state index in [1.807, 2.05) is 0 Å². The molecule has 1 aromatic rings. The normalized spacial score (nSPS) is 14.9. The highest BCUT2D eigenvalue weighted by Gasteiger charge is 2.13. The summed E-state index contributed by atoms with van der Waals surface area (Å²) in [7, 11) is 0. The van der Waals surface area contributed by atoms with Gasteiger partial charge in [-0.15, -0.1) is 6.42 Å². The van der Waals surface area contributed by atoms with E-state index in [1.165, 1.54) is 0 Å². The molecule has 1 aliphatic heterocycles. The highest BCUT2D eigenvalue weighted by Crippen LogP contribution is 2.17. The van der Waals surface area contributed by atoms with Crippen LogP contribution in [-0.2, 0) is 16.1 Å². The van der Waals surface area contributed by atoms with Crippen LogP contribution in [-0.4, -0.2) is 17.5 Å². The molecule has 0 saturated heterocycles. The van der Waals surface area contributed by atoms with Gasteiger partial charge < -0.3 is 10.1 Å². The first-order valence-corrected chi connectivity index (χ1v) is 4.13. The summed E-state index contributed by atoms with van der Waals surface area (Å²) in [5.74, 6) is 2.82. The Hall–Kier alpha value is -1.86. The van der Waals surface area contributed by atoms with E-state index in [-0.39, 0.29) is 12.5 Å². The predicted octanol–water partition coefficient (Wildman–Crippen LogP) is 0.532. The topological polar surface area (TPSA) is 51.2 Å². The number of hydrogen-bond donors (Lipinski definition) is 1. The van der Waals surface area contributed by atoms with Gasteiger partial charge in [0.1, 0.15) is 12.4 Å². The van der Waals surface area contributed by atoms with Crippen molar-refractivity contribution in [2.75, 3.05) is 11.9 Å². The number of hydrogen-bond acceptors (Lipinski definition) is 3. The van der Waals surface area contributed by atoms with Crippen molar-refractivity contribution in [1.82, 2.24) is 4.98 Å². The summed E-state index contributed by atoms with van der Waals surface area (Å²) in [6.07, 6.45) is 6.78. The van der Waals surface area contributed by atoms with E-state index in [1.54, 1.807) is 12.3 Å². The number of nitrogens with zero attached hydrogens (tertiary/aromatic N) is 1. The predicted molar refractivity (Wildman–Crippen MR) is 50.5 cm³/mol. The molecule has 4 nitrogen and oxygen atoms in total. The van der Waals surface area contributed by atoms with Crippen LogP contribution in [0.3, 0.4) is 0 Å². The summed E-state index contributed by atoms with van der Waals surface area (Å²) in [5, 5.41) is 2.63. The third-order valence-corrected chi connectivity index (χ3v) is 1.88. The number of aromatic nitrogens is 1. The first-order valence-electron chi connectivity index (χ1n) is 4.13. The Balaban J connectivity index is 2.41. The third kappa shape index (κ3) is 1.58. The highest BCUT2D eigenvalue weighted by molar-refractivity contribution is 5.91. The molecular formula is C10H8N2O2. The van der Waals surface area contributed by atoms with Crippen LogP contribution in [0.2, 0.25) is 0 Å². The summed E-state index contributed by atoms with van der Waals surface area (Å²) in [6, 6.07) is 1.79. The fraction of sp³-hybridized carbons (Fsp3) is 0.200. The number of terminal acetylenes is 1. The molecule has 1 amide bonds. The molecule has 2 rings (SSSR count). The van der Waals surface area contributed by atoms with E-state index in [0.29, 0.717) is 18.0 Å². The van der Waals surface area contributed by atoms with Gasteiger partial charge in [0.15, 0.2) is 0 Å². The van der Waals surface area contributed by atoms with Crippen LogP contribution in [0.4, 0.5) is 5.82 Å². The standard InChI is InChI=1S/C10H8N2O2/c1-2-7-3-8-5-14-6-9(13)12-10(8)11-4-7/h1,3-4H,5-6H2,(H,11,12,13). The van der Waals surface area contributed by atoms with Gasteiger partial charge in [-0.2, -0.15) is 0 Å². The van der Waals surface area contributed by atoms with Gasteiger partial charge in [-0.3, -0.25) is 4.79 Å². The van der Waals surface area contributed by atoms with Gasteiger partial charge in [-0.25, -0.2) is 4.98 Å². The molecule has 4 heteroatoms. The summed E-state index contributed by atoms with van der Waals surface area (Å²) < 4.78 is 5.11. The average molecular weight is 188 g/mol. The summed E-state index contributed by atoms with van der Waals surface area (Å²) in [5.41, 5.74) is 1.50. The van der Waals surface area contributed by atoms with E-state index in [0.717, 1.165) is 5.56 Å². The van der Waals surface area contributed by atoms with Gasteiger partial charge in [0.25, 0.3) is 5.91 Å². The van der Waals surface area contributed by atoms with Crippen molar-refractivity contribution in [3.63, 3.8) is 0 Å². The molecule has 0 bridgehead atoms. The summed E-state index contributed by atoms with van der Waals surface area (Å²) in [6.45, 7) is 0.415. The van der Waals surface area contributed by atoms with Crippen molar-refractivity contribution in [2.45, 2.75) is 6.61 Å². The van der Waals surface area contributed by atoms with Crippen molar-refractivity contribution >= 4 is 11.7 Å². The lowest BCUT2D eigenvalue weighted by molar-refractivity contribution is -0.120. The van der Waals surface area contributed by atoms with Crippen LogP contribution >= 0.6 is 0 Å². The van der Waals surface area contributed by atoms with Gasteiger partial charge in [0.05, 0.1) is 6.61 Å². The van der Waals surface area contributed by atoms with E-state index < -0.39 is 0 Å². The van der Waals surface area contributed by atoms with Gasteiger partial charge in [-0.1, -0.05) is 5.92 Å². The van der Waals surface area contributed by atoms with Crippen LogP contribution in [0.15, 0.2) is 12.3 Å². The molecule has 1 aliphatic rings. The van der Waals surface area contributed by atoms with E-state index >= 15 is 0 Å². The second-order valence-corrected chi connectivity index (χ2v) is 2.92. The lowest BCUT2D eigenvalue weighted by Gasteiger charge is -2.03. The molecule has 2 heterocycles. The number of ether oxygens (including phenoxy) is 1. The van der Waals surface area contributed by atoms with Crippen LogP contribution < -0.4 is 5.32 Å². The van der Waals surface area contributed by atoms with Gasteiger partial charge >= 0.3 is 0 Å². The maximum Gasteiger partial charge on any atom is 0.251 e. The maximum atomic E-state index is 11.1. The van der Waals surface area contributed by atoms with Crippen LogP contribution in [0.25, 0.3) is 0 Å². The fourth-order valence-electron chi connectivity index (χ4n) is 1.23. The van der Waals surface area contributed by atoms with Crippen molar-refractivity contribution in [1.29, 1.82) is 0 Å². The number of rotatable bonds is 0. The molecule has 70 valence electrons. The Kier molecular flexibility index (Phi) is 2.17. The van der Waals surface area contributed by atoms with Gasteiger partial charge in [0.2, 0.25) is 0 Å². The monoisotopic (exact) mass is 188 g/mol. The number of nitrogens with one attached hydrogen (secondary N) is 1. The van der Waals surface area contributed by atoms with E-state index in [2.05, 4.69) is 16.2 Å². The Labute approximate surface area is 81.3 Å². The lowest BCUT2D eigenvalue weighted by Crippen LogP contribution is -2.15. The zero-order chi connectivity index (χ0) is 9.97. The lowest BCUT2D eigenvalue weighted by atomic mass is 10.2. The van der Waals surface area contributed by atoms with Crippen molar-refractivity contribution in [3.05, 3.63) is 23.4 Å². The number of amides is 1. The molecule has 0 aliphatic carbocycles. The van der Waals surface area contributed by atoms with Crippen LogP contribution in [0, 0.1) is 12.3 Å². The number of pyridine rings is 1. The van der Waals surface area contributed by atoms with Gasteiger partial charge in [0, 0.05) is 17.3 Å². The molecule has 0 radical (unpaired) electrons. The van der Waals surface area contributed by atoms with E-state index in [9.17, 15) is 4.79 Å². The smallest absolute Gasteiger partial charge is 0.251 e. The third-order valence-electron chi connectivity index (χ3n) is 1.88. The van der Waals surface area contributed by atoms with E-state index in [4.69, 9.17) is 11.2 Å². The molecular weight excluding hydrogens is 180 g/mol. The minimum atomic E-state index is -0.190. The second kappa shape index (κ2) is 3.48. The molecule has 1 N–H and O–H groups in total. The second-order valence-electron chi connectivity index (χ2n) is 2.92. The quantitative estimate of drug-likeness (QED) is 0.604. The van der Waals surface area contributed by atoms with Crippen molar-refractivity contribution in [3.8, 4) is 12.3 Å². The summed E-state index contributed by atoms with van der Waals surface area (Å²) >= 11 is 0. The molecule has 1 aromatic heterocycles. The minimum Gasteiger partial charge on any atom is -0.367 e. The largest absolute Gasteiger partial charge is 0.367 e. The number of fused-ring (bicyclic) bond motifs is 1. The SMILES string of the molecule is C#Cc1cnc2c(c1)COCC(=O)N2. The maximum absolute atomic E-state index is 11.1. The number of carbonyl (C=O) groups excluding carboxylic acids is 1. The van der Waals surface area contributed by atoms with Crippen molar-refractivity contribution < 1.29 is 9.53 Å². The fourth-order valence-corrected chi connectivity index (χ4v) is 1.23. The number of carbonyl (C=O) groups is 1. The first-order chi connectivity index (χ1) is 6.79. The molecule has 0 aromatic carbocycles. The highest BCUT2D eigenvalue weighted by atomic mass is 16.5. The Morgan fingerprint density at radius 2 is 2.43 bits per heavy atom. The summed E-state index contributed by atoms with van der Waals surface area (Å²) in [4.78, 5) is 15.1. The first kappa shape index (κ1) is 8.73. The molecule has 0 spiro atoms. The average Bonchev–Trinajstić information content (AvgIpc) is 2.37. The molecule has 0 atom stereocenters. The Morgan fingerprint density at radius 3 is 3.21 bits per heavy atom. The molecule has 0 unspecified atom stereocenters. The van der Waals surface area contributed by atoms with Crippen LogP contribution in [0.5, 0.6) is 0 Å². The minimum absolute atomic E-state index is 0.0573. The Morgan fingerprint density at radius 1 is 1.57 bits per heavy atom. The Bertz CT molecular complexity index is 421. The van der Waals surface area contributed by atoms with Gasteiger partial charge in [-0.05, 0) is 6.07 Å². The zero-order valence-electron chi connectivity index (χ0n) is 7.41. The van der Waals surface area contributed by atoms with Crippen LogP contribution in [0.1, 0.15) is 11.1 Å². The molecule has 0 saturated carbocycles. The molecule has 14 heavy (non-hydrogen) atoms. The molecule has 0 fully saturated rings. The number of anilines is 1.